The molecule has 2 unspecified atom stereocenters. The molecule has 5 rings (SSSR count). The largest absolute Gasteiger partial charge is 0.541 e. The van der Waals surface area contributed by atoms with Crippen LogP contribution in [-0.4, -0.2) is 46.3 Å². The Labute approximate surface area is 220 Å². The number of piperidine rings is 1. The van der Waals surface area contributed by atoms with Crippen LogP contribution in [0.4, 0.5) is 0 Å². The van der Waals surface area contributed by atoms with Crippen LogP contribution in [0, 0.1) is 17.4 Å². The van der Waals surface area contributed by atoms with E-state index in [0.717, 1.165) is 30.9 Å². The van der Waals surface area contributed by atoms with Crippen LogP contribution in [-0.2, 0) is 16.3 Å². The van der Waals surface area contributed by atoms with E-state index in [1.54, 1.807) is 0 Å². The molecule has 0 saturated carbocycles. The van der Waals surface area contributed by atoms with Crippen molar-refractivity contribution in [3.63, 3.8) is 0 Å². The van der Waals surface area contributed by atoms with E-state index in [4.69, 9.17) is 13.6 Å². The SMILES string of the molecule is CC(C)(C)[Si](C)(C)Oc1ccc2c3c1OC1C(O[Si](C)(C)C(C)(C)C)C=C[C@H]4[C@@H](C2)N(C#N)CC[C@]314. The predicted octanol–water partition coefficient (Wildman–Crippen LogP) is 6.76. The van der Waals surface area contributed by atoms with E-state index in [2.05, 4.69) is 98.2 Å². The average molecular weight is 525 g/mol. The zero-order chi connectivity index (χ0) is 26.5. The fourth-order valence-corrected chi connectivity index (χ4v) is 8.53. The molecule has 36 heavy (non-hydrogen) atoms. The van der Waals surface area contributed by atoms with Crippen LogP contribution in [0.2, 0.25) is 36.3 Å². The second-order valence-electron chi connectivity index (χ2n) is 14.4. The molecule has 0 amide bonds. The van der Waals surface area contributed by atoms with E-state index < -0.39 is 16.6 Å². The Morgan fingerprint density at radius 1 is 1.03 bits per heavy atom. The van der Waals surface area contributed by atoms with Gasteiger partial charge in [0.05, 0.1) is 6.04 Å². The number of hydrogen-bond acceptors (Lipinski definition) is 5. The second-order valence-corrected chi connectivity index (χ2v) is 23.9. The average Bonchev–Trinajstić information content (AvgIpc) is 3.09. The zero-order valence-electron chi connectivity index (χ0n) is 23.9. The minimum Gasteiger partial charge on any atom is -0.541 e. The van der Waals surface area contributed by atoms with Crippen molar-refractivity contribution in [2.24, 2.45) is 5.92 Å². The number of ether oxygens (including phenoxy) is 1. The second kappa shape index (κ2) is 7.88. The quantitative estimate of drug-likeness (QED) is 0.247. The summed E-state index contributed by atoms with van der Waals surface area (Å²) in [6.07, 6.45) is 8.70. The van der Waals surface area contributed by atoms with Gasteiger partial charge in [0.25, 0.3) is 8.32 Å². The molecule has 196 valence electrons. The van der Waals surface area contributed by atoms with E-state index in [9.17, 15) is 5.26 Å². The predicted molar refractivity (Wildman–Crippen MR) is 149 cm³/mol. The zero-order valence-corrected chi connectivity index (χ0v) is 25.9. The third-order valence-corrected chi connectivity index (χ3v) is 19.2. The van der Waals surface area contributed by atoms with Crippen LogP contribution in [0.1, 0.15) is 59.1 Å². The fourth-order valence-electron chi connectivity index (χ4n) is 6.28. The minimum atomic E-state index is -2.06. The highest BCUT2D eigenvalue weighted by atomic mass is 28.4. The molecule has 2 heterocycles. The molecule has 1 aromatic carbocycles. The summed E-state index contributed by atoms with van der Waals surface area (Å²) >= 11 is 0. The summed E-state index contributed by atoms with van der Waals surface area (Å²) in [5.74, 6) is 2.09. The van der Waals surface area contributed by atoms with Crippen molar-refractivity contribution < 1.29 is 13.6 Å². The lowest BCUT2D eigenvalue weighted by atomic mass is 9.53. The summed E-state index contributed by atoms with van der Waals surface area (Å²) in [6.45, 7) is 23.7. The lowest BCUT2D eigenvalue weighted by Crippen LogP contribution is -2.65. The molecule has 2 bridgehead atoms. The van der Waals surface area contributed by atoms with Crippen LogP contribution >= 0.6 is 0 Å². The van der Waals surface area contributed by atoms with E-state index >= 15 is 0 Å². The van der Waals surface area contributed by atoms with Crippen molar-refractivity contribution in [2.45, 2.75) is 114 Å². The molecular weight excluding hydrogens is 481 g/mol. The first kappa shape index (κ1) is 25.9. The summed E-state index contributed by atoms with van der Waals surface area (Å²) < 4.78 is 21.0. The van der Waals surface area contributed by atoms with Gasteiger partial charge in [0, 0.05) is 23.4 Å². The van der Waals surface area contributed by atoms with Crippen molar-refractivity contribution in [2.75, 3.05) is 6.54 Å². The Bertz CT molecular complexity index is 1140. The first-order chi connectivity index (χ1) is 16.5. The fraction of sp³-hybridized carbons (Fsp3) is 0.690. The molecule has 1 spiro atoms. The van der Waals surface area contributed by atoms with Gasteiger partial charge in [-0.2, -0.15) is 5.26 Å². The Balaban J connectivity index is 1.64. The summed E-state index contributed by atoms with van der Waals surface area (Å²) in [7, 11) is -4.09. The van der Waals surface area contributed by atoms with Gasteiger partial charge in [0.1, 0.15) is 18.0 Å². The third-order valence-electron chi connectivity index (χ3n) is 10.4. The Morgan fingerprint density at radius 3 is 2.31 bits per heavy atom. The van der Waals surface area contributed by atoms with Crippen molar-refractivity contribution in [3.8, 4) is 17.7 Å². The van der Waals surface area contributed by atoms with Gasteiger partial charge < -0.3 is 18.5 Å². The molecule has 0 radical (unpaired) electrons. The van der Waals surface area contributed by atoms with Gasteiger partial charge >= 0.3 is 0 Å². The van der Waals surface area contributed by atoms with Gasteiger partial charge in [-0.3, -0.25) is 0 Å². The van der Waals surface area contributed by atoms with Crippen LogP contribution in [0.5, 0.6) is 11.5 Å². The number of benzene rings is 1. The molecular formula is C29H44N2O3Si2. The van der Waals surface area contributed by atoms with Gasteiger partial charge in [-0.1, -0.05) is 59.8 Å². The maximum atomic E-state index is 9.95. The van der Waals surface area contributed by atoms with Crippen LogP contribution in [0.25, 0.3) is 0 Å². The molecule has 0 N–H and O–H groups in total. The number of likely N-dealkylation sites (tertiary alicyclic amines) is 1. The first-order valence-corrected chi connectivity index (χ1v) is 19.4. The maximum Gasteiger partial charge on any atom is 0.250 e. The lowest BCUT2D eigenvalue weighted by Gasteiger charge is -2.57. The Morgan fingerprint density at radius 2 is 1.69 bits per heavy atom. The number of rotatable bonds is 4. The normalized spacial score (nSPS) is 31.0. The molecule has 7 heteroatoms. The monoisotopic (exact) mass is 524 g/mol. The summed E-state index contributed by atoms with van der Waals surface area (Å²) in [4.78, 5) is 2.01. The minimum absolute atomic E-state index is 0.0943. The van der Waals surface area contributed by atoms with Crippen LogP contribution in [0.15, 0.2) is 24.3 Å². The highest BCUT2D eigenvalue weighted by Crippen LogP contribution is 2.63. The standard InChI is InChI=1S/C29H44N2O3Si2/c1-27(2,3)35(7,8)33-22-13-11-19-17-21-20-12-14-23(34-36(9,10)28(4,5)6)26-29(20,15-16-31(21)18-30)24(19)25(22)32-26/h11-14,20-21,23,26H,15-17H2,1-10H3/t20-,21+,23?,26?,29-/m0/s1. The van der Waals surface area contributed by atoms with Crippen molar-refractivity contribution in [1.29, 1.82) is 5.26 Å². The number of nitrogens with zero attached hydrogens (tertiary/aromatic N) is 2. The van der Waals surface area contributed by atoms with Crippen LogP contribution in [0.3, 0.4) is 0 Å². The summed E-state index contributed by atoms with van der Waals surface area (Å²) in [5.41, 5.74) is 2.49. The van der Waals surface area contributed by atoms with Gasteiger partial charge in [0.15, 0.2) is 20.3 Å². The third kappa shape index (κ3) is 3.54. The summed E-state index contributed by atoms with van der Waals surface area (Å²) in [5, 5.41) is 10.2. The number of hydrogen-bond donors (Lipinski definition) is 0. The van der Waals surface area contributed by atoms with E-state index in [1.807, 2.05) is 4.90 Å². The number of nitriles is 1. The van der Waals surface area contributed by atoms with Gasteiger partial charge in [-0.25, -0.2) is 0 Å². The van der Waals surface area contributed by atoms with Crippen LogP contribution < -0.4 is 9.16 Å². The first-order valence-electron chi connectivity index (χ1n) is 13.6. The van der Waals surface area contributed by atoms with Gasteiger partial charge in [-0.05, 0) is 60.7 Å². The van der Waals surface area contributed by atoms with E-state index in [-0.39, 0.29) is 39.7 Å². The van der Waals surface area contributed by atoms with Gasteiger partial charge in [-0.15, -0.1) is 0 Å². The van der Waals surface area contributed by atoms with Gasteiger partial charge in [0.2, 0.25) is 0 Å². The van der Waals surface area contributed by atoms with Crippen molar-refractivity contribution in [1.82, 2.24) is 4.90 Å². The lowest BCUT2D eigenvalue weighted by molar-refractivity contribution is -0.0346. The molecule has 5 nitrogen and oxygen atoms in total. The molecule has 0 aromatic heterocycles. The highest BCUT2D eigenvalue weighted by molar-refractivity contribution is 6.75. The maximum absolute atomic E-state index is 9.95. The molecule has 1 aromatic rings. The summed E-state index contributed by atoms with van der Waals surface area (Å²) in [6, 6.07) is 4.55. The van der Waals surface area contributed by atoms with E-state index in [0.29, 0.717) is 0 Å². The highest BCUT2D eigenvalue weighted by Gasteiger charge is 2.65. The molecule has 1 saturated heterocycles. The van der Waals surface area contributed by atoms with E-state index in [1.165, 1.54) is 11.1 Å². The smallest absolute Gasteiger partial charge is 0.250 e. The molecule has 2 aliphatic heterocycles. The van der Waals surface area contributed by atoms with Crippen molar-refractivity contribution in [3.05, 3.63) is 35.4 Å². The van der Waals surface area contributed by atoms with Crippen molar-refractivity contribution >= 4 is 16.6 Å². The molecule has 4 aliphatic rings. The Hall–Kier alpha value is -1.76. The Kier molecular flexibility index (Phi) is 5.66. The molecule has 1 fully saturated rings. The topological polar surface area (TPSA) is 54.7 Å². The molecule has 2 aliphatic carbocycles. The molecule has 5 atom stereocenters.